The first-order chi connectivity index (χ1) is 21.7. The third kappa shape index (κ3) is 8.75. The topological polar surface area (TPSA) is 105 Å². The van der Waals surface area contributed by atoms with E-state index in [-0.39, 0.29) is 50.6 Å². The lowest BCUT2D eigenvalue weighted by Crippen LogP contribution is -2.52. The number of hydrogen-bond donors (Lipinski definition) is 1. The maximum atomic E-state index is 14.0. The summed E-state index contributed by atoms with van der Waals surface area (Å²) < 4.78 is 51.3. The Morgan fingerprint density at radius 2 is 1.64 bits per heavy atom. The molecule has 3 aromatic carbocycles. The SMILES string of the molecule is CS(=O)(=O)N(CCCC(=O)N(Cc1ccc(F)cc1)[C@@H](Cc1ccccc1)C(=O)NC1CCCCC1)c1ccc2c(c1)OCO2. The Balaban J connectivity index is 1.37. The zero-order chi connectivity index (χ0) is 31.8. The summed E-state index contributed by atoms with van der Waals surface area (Å²) in [4.78, 5) is 29.5. The van der Waals surface area contributed by atoms with E-state index in [1.54, 1.807) is 35.2 Å². The van der Waals surface area contributed by atoms with Crippen molar-refractivity contribution in [3.05, 3.63) is 89.7 Å². The second-order valence-corrected chi connectivity index (χ2v) is 13.6. The summed E-state index contributed by atoms with van der Waals surface area (Å²) in [6, 6.07) is 19.6. The molecule has 0 spiro atoms. The molecule has 5 rings (SSSR count). The molecule has 11 heteroatoms. The van der Waals surface area contributed by atoms with Gasteiger partial charge in [0.15, 0.2) is 11.5 Å². The number of ether oxygens (including phenoxy) is 2. The van der Waals surface area contributed by atoms with Gasteiger partial charge in [-0.3, -0.25) is 13.9 Å². The minimum atomic E-state index is -3.68. The van der Waals surface area contributed by atoms with Gasteiger partial charge in [-0.2, -0.15) is 0 Å². The van der Waals surface area contributed by atoms with Crippen molar-refractivity contribution in [3.8, 4) is 11.5 Å². The van der Waals surface area contributed by atoms with Crippen LogP contribution in [0.3, 0.4) is 0 Å². The molecule has 1 N–H and O–H groups in total. The number of amides is 2. The van der Waals surface area contributed by atoms with E-state index in [2.05, 4.69) is 5.32 Å². The van der Waals surface area contributed by atoms with Gasteiger partial charge in [0.25, 0.3) is 0 Å². The molecule has 1 heterocycles. The van der Waals surface area contributed by atoms with Crippen LogP contribution in [-0.2, 0) is 32.6 Å². The van der Waals surface area contributed by atoms with Crippen molar-refractivity contribution in [2.75, 3.05) is 23.9 Å². The zero-order valence-corrected chi connectivity index (χ0v) is 26.3. The Hall–Kier alpha value is -4.12. The number of sulfonamides is 1. The van der Waals surface area contributed by atoms with Crippen LogP contribution < -0.4 is 19.1 Å². The standard InChI is InChI=1S/C34H40FN3O6S/c1-45(41,42)38(29-18-19-31-32(22-29)44-24-43-31)20-8-13-33(39)37(23-26-14-16-27(35)17-15-26)30(21-25-9-4-2-5-10-25)34(40)36-28-11-6-3-7-12-28/h2,4-5,9-10,14-19,22,28,30H,3,6-8,11-13,20-21,23-24H2,1H3,(H,36,40)/t30-/m0/s1. The molecule has 2 amide bonds. The minimum absolute atomic E-state index is 0.000233. The molecule has 2 aliphatic rings. The molecule has 1 atom stereocenters. The van der Waals surface area contributed by atoms with Crippen molar-refractivity contribution in [2.45, 2.75) is 70.0 Å². The van der Waals surface area contributed by atoms with Gasteiger partial charge in [0.2, 0.25) is 28.6 Å². The Morgan fingerprint density at radius 3 is 2.36 bits per heavy atom. The summed E-state index contributed by atoms with van der Waals surface area (Å²) in [6.45, 7) is 0.216. The maximum Gasteiger partial charge on any atom is 0.243 e. The summed E-state index contributed by atoms with van der Waals surface area (Å²) in [7, 11) is -3.68. The molecule has 3 aromatic rings. The smallest absolute Gasteiger partial charge is 0.243 e. The van der Waals surface area contributed by atoms with Crippen molar-refractivity contribution in [2.24, 2.45) is 0 Å². The van der Waals surface area contributed by atoms with Crippen molar-refractivity contribution >= 4 is 27.5 Å². The lowest BCUT2D eigenvalue weighted by Gasteiger charge is -2.34. The Morgan fingerprint density at radius 1 is 0.933 bits per heavy atom. The number of carbonyl (C=O) groups is 2. The van der Waals surface area contributed by atoms with E-state index in [0.29, 0.717) is 29.2 Å². The Bertz CT molecular complexity index is 1560. The second kappa shape index (κ2) is 14.8. The van der Waals surface area contributed by atoms with Crippen molar-refractivity contribution < 1.29 is 31.9 Å². The van der Waals surface area contributed by atoms with Gasteiger partial charge >= 0.3 is 0 Å². The predicted octanol–water partition coefficient (Wildman–Crippen LogP) is 5.19. The van der Waals surface area contributed by atoms with Crippen molar-refractivity contribution in [3.63, 3.8) is 0 Å². The maximum absolute atomic E-state index is 14.0. The molecule has 9 nitrogen and oxygen atoms in total. The third-order valence-electron chi connectivity index (χ3n) is 8.29. The summed E-state index contributed by atoms with van der Waals surface area (Å²) in [5.74, 6) is 0.0830. The molecule has 1 aliphatic heterocycles. The lowest BCUT2D eigenvalue weighted by molar-refractivity contribution is -0.141. The van der Waals surface area contributed by atoms with Gasteiger partial charge in [-0.15, -0.1) is 0 Å². The largest absolute Gasteiger partial charge is 0.454 e. The van der Waals surface area contributed by atoms with Gasteiger partial charge in [-0.1, -0.05) is 61.7 Å². The highest BCUT2D eigenvalue weighted by Gasteiger charge is 2.32. The van der Waals surface area contributed by atoms with Crippen LogP contribution in [0.2, 0.25) is 0 Å². The molecular formula is C34H40FN3O6S. The van der Waals surface area contributed by atoms with Crippen molar-refractivity contribution in [1.29, 1.82) is 0 Å². The highest BCUT2D eigenvalue weighted by molar-refractivity contribution is 7.92. The van der Waals surface area contributed by atoms with Crippen LogP contribution in [0.1, 0.15) is 56.1 Å². The van der Waals surface area contributed by atoms with Crippen LogP contribution >= 0.6 is 0 Å². The molecule has 240 valence electrons. The summed E-state index contributed by atoms with van der Waals surface area (Å²) >= 11 is 0. The average Bonchev–Trinajstić information content (AvgIpc) is 3.50. The van der Waals surface area contributed by atoms with E-state index in [4.69, 9.17) is 9.47 Å². The first-order valence-corrected chi connectivity index (χ1v) is 17.3. The number of rotatable bonds is 13. The van der Waals surface area contributed by atoms with Crippen LogP contribution in [-0.4, -0.2) is 56.8 Å². The number of halogens is 1. The fraction of sp³-hybridized carbons (Fsp3) is 0.412. The molecule has 0 bridgehead atoms. The fourth-order valence-corrected chi connectivity index (χ4v) is 6.89. The molecule has 0 unspecified atom stereocenters. The predicted molar refractivity (Wildman–Crippen MR) is 170 cm³/mol. The van der Waals surface area contributed by atoms with Gasteiger partial charge in [-0.25, -0.2) is 12.8 Å². The first-order valence-electron chi connectivity index (χ1n) is 15.4. The number of nitrogens with zero attached hydrogens (tertiary/aromatic N) is 2. The van der Waals surface area contributed by atoms with Gasteiger partial charge in [0.05, 0.1) is 11.9 Å². The second-order valence-electron chi connectivity index (χ2n) is 11.7. The van der Waals surface area contributed by atoms with Crippen LogP contribution in [0.5, 0.6) is 11.5 Å². The summed E-state index contributed by atoms with van der Waals surface area (Å²) in [5.41, 5.74) is 2.00. The number of anilines is 1. The van der Waals surface area contributed by atoms with Gasteiger partial charge < -0.3 is 19.7 Å². The third-order valence-corrected chi connectivity index (χ3v) is 9.48. The normalized spacial score (nSPS) is 15.3. The van der Waals surface area contributed by atoms with Gasteiger partial charge in [0.1, 0.15) is 11.9 Å². The quantitative estimate of drug-likeness (QED) is 0.277. The van der Waals surface area contributed by atoms with E-state index in [9.17, 15) is 22.4 Å². The minimum Gasteiger partial charge on any atom is -0.454 e. The number of nitrogens with one attached hydrogen (secondary N) is 1. The fourth-order valence-electron chi connectivity index (χ4n) is 5.93. The summed E-state index contributed by atoms with van der Waals surface area (Å²) in [6.07, 6.45) is 6.67. The Kier molecular flexibility index (Phi) is 10.6. The molecule has 1 saturated carbocycles. The number of fused-ring (bicyclic) bond motifs is 1. The van der Waals surface area contributed by atoms with E-state index in [0.717, 1.165) is 43.9 Å². The average molecular weight is 638 g/mol. The summed E-state index contributed by atoms with van der Waals surface area (Å²) in [5, 5.41) is 3.20. The molecular weight excluding hydrogens is 597 g/mol. The zero-order valence-electron chi connectivity index (χ0n) is 25.5. The molecule has 45 heavy (non-hydrogen) atoms. The number of benzene rings is 3. The van der Waals surface area contributed by atoms with Crippen LogP contribution in [0.25, 0.3) is 0 Å². The number of carbonyl (C=O) groups excluding carboxylic acids is 2. The van der Waals surface area contributed by atoms with E-state index < -0.39 is 21.9 Å². The lowest BCUT2D eigenvalue weighted by atomic mass is 9.94. The van der Waals surface area contributed by atoms with E-state index in [1.165, 1.54) is 16.4 Å². The van der Waals surface area contributed by atoms with Crippen molar-refractivity contribution in [1.82, 2.24) is 10.2 Å². The van der Waals surface area contributed by atoms with Gasteiger partial charge in [0, 0.05) is 38.0 Å². The highest BCUT2D eigenvalue weighted by atomic mass is 32.2. The molecule has 0 saturated heterocycles. The molecule has 1 aliphatic carbocycles. The molecule has 0 aromatic heterocycles. The Labute approximate surface area is 264 Å². The highest BCUT2D eigenvalue weighted by Crippen LogP contribution is 2.36. The molecule has 0 radical (unpaired) electrons. The molecule has 1 fully saturated rings. The van der Waals surface area contributed by atoms with Crippen LogP contribution in [0.4, 0.5) is 10.1 Å². The first kappa shape index (κ1) is 32.3. The monoisotopic (exact) mass is 637 g/mol. The number of hydrogen-bond acceptors (Lipinski definition) is 6. The van der Waals surface area contributed by atoms with E-state index in [1.807, 2.05) is 30.3 Å². The van der Waals surface area contributed by atoms with Crippen LogP contribution in [0, 0.1) is 5.82 Å². The van der Waals surface area contributed by atoms with E-state index >= 15 is 0 Å². The van der Waals surface area contributed by atoms with Gasteiger partial charge in [-0.05, 0) is 54.7 Å². The van der Waals surface area contributed by atoms with Crippen LogP contribution in [0.15, 0.2) is 72.8 Å².